The van der Waals surface area contributed by atoms with Crippen molar-refractivity contribution in [3.63, 3.8) is 0 Å². The number of aromatic nitrogens is 2. The summed E-state index contributed by atoms with van der Waals surface area (Å²) in [6.07, 6.45) is 2.17. The van der Waals surface area contributed by atoms with E-state index in [0.717, 1.165) is 57.9 Å². The molecule has 2 saturated heterocycles. The molecular weight excluding hydrogens is 326 g/mol. The van der Waals surface area contributed by atoms with E-state index in [2.05, 4.69) is 44.0 Å². The largest absolute Gasteiger partial charge is 0.368 e. The van der Waals surface area contributed by atoms with Crippen LogP contribution in [0.25, 0.3) is 0 Å². The molecule has 2 aliphatic heterocycles. The van der Waals surface area contributed by atoms with Crippen LogP contribution in [0.4, 0.5) is 11.5 Å². The van der Waals surface area contributed by atoms with Crippen molar-refractivity contribution < 1.29 is 4.79 Å². The maximum Gasteiger partial charge on any atom is 0.272 e. The van der Waals surface area contributed by atoms with Gasteiger partial charge in [0.2, 0.25) is 0 Å². The van der Waals surface area contributed by atoms with Crippen LogP contribution in [-0.4, -0.2) is 60.0 Å². The lowest BCUT2D eigenvalue weighted by Gasteiger charge is -2.36. The highest BCUT2D eigenvalue weighted by atomic mass is 16.2. The second-order valence-corrected chi connectivity index (χ2v) is 6.97. The second kappa shape index (κ2) is 7.32. The van der Waals surface area contributed by atoms with Gasteiger partial charge in [0.25, 0.3) is 5.91 Å². The van der Waals surface area contributed by atoms with Crippen LogP contribution < -0.4 is 9.80 Å². The smallest absolute Gasteiger partial charge is 0.272 e. The molecule has 26 heavy (non-hydrogen) atoms. The molecule has 1 aromatic heterocycles. The van der Waals surface area contributed by atoms with Gasteiger partial charge >= 0.3 is 0 Å². The van der Waals surface area contributed by atoms with Gasteiger partial charge in [0.05, 0.1) is 0 Å². The number of benzene rings is 1. The first-order chi connectivity index (χ1) is 12.7. The average Bonchev–Trinajstić information content (AvgIpc) is 3.22. The molecule has 6 nitrogen and oxygen atoms in total. The molecule has 0 aliphatic carbocycles. The van der Waals surface area contributed by atoms with Gasteiger partial charge in [-0.15, -0.1) is 0 Å². The van der Waals surface area contributed by atoms with Crippen molar-refractivity contribution in [3.05, 3.63) is 47.9 Å². The number of carbonyl (C=O) groups excluding carboxylic acids is 1. The molecule has 6 heteroatoms. The average molecular weight is 351 g/mol. The first kappa shape index (κ1) is 16.8. The highest BCUT2D eigenvalue weighted by molar-refractivity contribution is 5.93. The molecule has 0 unspecified atom stereocenters. The fourth-order valence-corrected chi connectivity index (χ4v) is 3.74. The highest BCUT2D eigenvalue weighted by Crippen LogP contribution is 2.21. The molecule has 1 aromatic carbocycles. The van der Waals surface area contributed by atoms with Gasteiger partial charge in [-0.25, -0.2) is 9.97 Å². The summed E-state index contributed by atoms with van der Waals surface area (Å²) in [7, 11) is 0. The van der Waals surface area contributed by atoms with E-state index in [9.17, 15) is 4.79 Å². The molecule has 2 fully saturated rings. The fraction of sp³-hybridized carbons (Fsp3) is 0.450. The summed E-state index contributed by atoms with van der Waals surface area (Å²) in [5.41, 5.74) is 1.79. The fourth-order valence-electron chi connectivity index (χ4n) is 3.74. The van der Waals surface area contributed by atoms with Crippen molar-refractivity contribution in [1.29, 1.82) is 0 Å². The molecule has 0 radical (unpaired) electrons. The molecule has 0 atom stereocenters. The third-order valence-electron chi connectivity index (χ3n) is 5.16. The second-order valence-electron chi connectivity index (χ2n) is 6.97. The summed E-state index contributed by atoms with van der Waals surface area (Å²) in [6.45, 7) is 7.22. The first-order valence-electron chi connectivity index (χ1n) is 9.40. The van der Waals surface area contributed by atoms with E-state index >= 15 is 0 Å². The van der Waals surface area contributed by atoms with E-state index in [-0.39, 0.29) is 5.91 Å². The summed E-state index contributed by atoms with van der Waals surface area (Å²) in [5.74, 6) is 1.57. The van der Waals surface area contributed by atoms with Gasteiger partial charge in [-0.3, -0.25) is 4.79 Å². The lowest BCUT2D eigenvalue weighted by molar-refractivity contribution is 0.0786. The third kappa shape index (κ3) is 3.49. The summed E-state index contributed by atoms with van der Waals surface area (Å²) < 4.78 is 0. The predicted molar refractivity (Wildman–Crippen MR) is 103 cm³/mol. The van der Waals surface area contributed by atoms with E-state index in [4.69, 9.17) is 0 Å². The molecular formula is C20H25N5O. The number of hydrogen-bond donors (Lipinski definition) is 0. The SMILES string of the molecule is Cc1nc(C(=O)N2CCCC2)cc(N2CCN(c3ccccc3)CC2)n1. The van der Waals surface area contributed by atoms with Crippen LogP contribution >= 0.6 is 0 Å². The van der Waals surface area contributed by atoms with Crippen LogP contribution in [0.2, 0.25) is 0 Å². The number of para-hydroxylation sites is 1. The van der Waals surface area contributed by atoms with Gasteiger partial charge in [0, 0.05) is 51.0 Å². The molecule has 2 aliphatic rings. The Morgan fingerprint density at radius 3 is 2.23 bits per heavy atom. The number of piperazine rings is 1. The molecule has 0 saturated carbocycles. The summed E-state index contributed by atoms with van der Waals surface area (Å²) >= 11 is 0. The predicted octanol–water partition coefficient (Wildman–Crippen LogP) is 2.35. The number of amides is 1. The maximum atomic E-state index is 12.7. The Balaban J connectivity index is 1.47. The molecule has 136 valence electrons. The van der Waals surface area contributed by atoms with E-state index in [1.807, 2.05) is 24.0 Å². The number of carbonyl (C=O) groups is 1. The van der Waals surface area contributed by atoms with Crippen LogP contribution in [0.1, 0.15) is 29.2 Å². The number of likely N-dealkylation sites (tertiary alicyclic amines) is 1. The molecule has 3 heterocycles. The number of aryl methyl sites for hydroxylation is 1. The zero-order chi connectivity index (χ0) is 17.9. The normalized spacial score (nSPS) is 17.7. The quantitative estimate of drug-likeness (QED) is 0.850. The molecule has 0 bridgehead atoms. The Bertz CT molecular complexity index is 765. The Morgan fingerprint density at radius 2 is 1.54 bits per heavy atom. The van der Waals surface area contributed by atoms with Crippen LogP contribution in [-0.2, 0) is 0 Å². The lowest BCUT2D eigenvalue weighted by atomic mass is 10.2. The molecule has 0 spiro atoms. The van der Waals surface area contributed by atoms with Gasteiger partial charge in [-0.1, -0.05) is 18.2 Å². The van der Waals surface area contributed by atoms with E-state index < -0.39 is 0 Å². The van der Waals surface area contributed by atoms with Crippen molar-refractivity contribution in [2.75, 3.05) is 49.1 Å². The number of hydrogen-bond acceptors (Lipinski definition) is 5. The first-order valence-corrected chi connectivity index (χ1v) is 9.40. The molecule has 0 N–H and O–H groups in total. The number of anilines is 2. The molecule has 4 rings (SSSR count). The number of nitrogens with zero attached hydrogens (tertiary/aromatic N) is 5. The minimum absolute atomic E-state index is 0.0390. The molecule has 1 amide bonds. The van der Waals surface area contributed by atoms with Crippen LogP contribution in [0.3, 0.4) is 0 Å². The monoisotopic (exact) mass is 351 g/mol. The van der Waals surface area contributed by atoms with Gasteiger partial charge in [-0.05, 0) is 31.9 Å². The van der Waals surface area contributed by atoms with E-state index in [1.165, 1.54) is 5.69 Å². The van der Waals surface area contributed by atoms with Crippen molar-refractivity contribution in [2.45, 2.75) is 19.8 Å². The van der Waals surface area contributed by atoms with E-state index in [1.54, 1.807) is 0 Å². The Kier molecular flexibility index (Phi) is 4.73. The van der Waals surface area contributed by atoms with Crippen LogP contribution in [0, 0.1) is 6.92 Å². The lowest BCUT2D eigenvalue weighted by Crippen LogP contribution is -2.47. The summed E-state index contributed by atoms with van der Waals surface area (Å²) in [5, 5.41) is 0. The highest BCUT2D eigenvalue weighted by Gasteiger charge is 2.24. The van der Waals surface area contributed by atoms with Gasteiger partial charge < -0.3 is 14.7 Å². The van der Waals surface area contributed by atoms with Gasteiger partial charge in [0.15, 0.2) is 0 Å². The maximum absolute atomic E-state index is 12.7. The van der Waals surface area contributed by atoms with Crippen LogP contribution in [0.5, 0.6) is 0 Å². The van der Waals surface area contributed by atoms with Crippen LogP contribution in [0.15, 0.2) is 36.4 Å². The zero-order valence-electron chi connectivity index (χ0n) is 15.3. The summed E-state index contributed by atoms with van der Waals surface area (Å²) in [6, 6.07) is 12.4. The van der Waals surface area contributed by atoms with Gasteiger partial charge in [0.1, 0.15) is 17.3 Å². The third-order valence-corrected chi connectivity index (χ3v) is 5.16. The number of rotatable bonds is 3. The van der Waals surface area contributed by atoms with Crippen molar-refractivity contribution in [2.24, 2.45) is 0 Å². The minimum Gasteiger partial charge on any atom is -0.368 e. The Morgan fingerprint density at radius 1 is 0.885 bits per heavy atom. The van der Waals surface area contributed by atoms with Crippen molar-refractivity contribution in [3.8, 4) is 0 Å². The minimum atomic E-state index is 0.0390. The topological polar surface area (TPSA) is 52.6 Å². The zero-order valence-corrected chi connectivity index (χ0v) is 15.3. The summed E-state index contributed by atoms with van der Waals surface area (Å²) in [4.78, 5) is 28.2. The Labute approximate surface area is 154 Å². The van der Waals surface area contributed by atoms with Gasteiger partial charge in [-0.2, -0.15) is 0 Å². The van der Waals surface area contributed by atoms with Crippen molar-refractivity contribution in [1.82, 2.24) is 14.9 Å². The van der Waals surface area contributed by atoms with Crippen molar-refractivity contribution >= 4 is 17.4 Å². The van der Waals surface area contributed by atoms with E-state index in [0.29, 0.717) is 11.5 Å². The molecule has 2 aromatic rings. The Hall–Kier alpha value is -2.63. The standard InChI is InChI=1S/C20H25N5O/c1-16-21-18(20(26)25-9-5-6-10-25)15-19(22-16)24-13-11-23(12-14-24)17-7-3-2-4-8-17/h2-4,7-8,15H,5-6,9-14H2,1H3.